The maximum atomic E-state index is 11.7. The Kier molecular flexibility index (Phi) is 11.1. The minimum atomic E-state index is -0.198. The van der Waals surface area contributed by atoms with Crippen LogP contribution >= 0.6 is 0 Å². The summed E-state index contributed by atoms with van der Waals surface area (Å²) in [6.45, 7) is 3.72. The molecule has 0 aromatic heterocycles. The zero-order valence-corrected chi connectivity index (χ0v) is 20.6. The molecule has 0 aliphatic carbocycles. The first-order valence-electron chi connectivity index (χ1n) is 10.8. The van der Waals surface area contributed by atoms with Gasteiger partial charge in [-0.05, 0) is 35.7 Å². The molecule has 0 fully saturated rings. The van der Waals surface area contributed by atoms with Crippen LogP contribution in [-0.2, 0) is 17.1 Å². The Labute approximate surface area is 216 Å². The van der Waals surface area contributed by atoms with Crippen molar-refractivity contribution in [2.45, 2.75) is 13.8 Å². The fraction of sp³-hybridized carbons (Fsp3) is 0.0714. The van der Waals surface area contributed by atoms with Gasteiger partial charge in [-0.3, -0.25) is 20.4 Å². The number of amides is 2. The van der Waals surface area contributed by atoms with E-state index in [0.717, 1.165) is 22.6 Å². The van der Waals surface area contributed by atoms with Gasteiger partial charge in [0.1, 0.15) is 0 Å². The van der Waals surface area contributed by atoms with Crippen molar-refractivity contribution in [2.75, 3.05) is 0 Å². The first kappa shape index (κ1) is 27.2. The van der Waals surface area contributed by atoms with Crippen LogP contribution in [-0.4, -0.2) is 23.2 Å². The molecule has 0 bridgehead atoms. The second-order valence-corrected chi connectivity index (χ2v) is 7.36. The molecule has 0 saturated heterocycles. The predicted molar refractivity (Wildman–Crippen MR) is 136 cm³/mol. The van der Waals surface area contributed by atoms with Crippen molar-refractivity contribution in [3.63, 3.8) is 0 Å². The van der Waals surface area contributed by atoms with Gasteiger partial charge in [-0.15, -0.1) is 23.3 Å². The molecule has 2 amide bonds. The van der Waals surface area contributed by atoms with E-state index in [1.807, 2.05) is 98.8 Å². The normalized spacial score (nSPS) is 10.9. The zero-order valence-electron chi connectivity index (χ0n) is 19.5. The number of nitrogens with zero attached hydrogens (tertiary/aromatic N) is 2. The molecular weight excluding hydrogens is 480 g/mol. The summed E-state index contributed by atoms with van der Waals surface area (Å²) in [6, 6.07) is 33.6. The molecule has 178 valence electrons. The molecule has 35 heavy (non-hydrogen) atoms. The van der Waals surface area contributed by atoms with E-state index < -0.39 is 0 Å². The van der Waals surface area contributed by atoms with E-state index in [9.17, 15) is 9.59 Å². The second-order valence-electron chi connectivity index (χ2n) is 7.36. The molecule has 0 heterocycles. The standard InChI is InChI=1S/2C14H13N2O.Fe/c2*1-11(12-7-5-6-8-12)15-16-14(17)13-9-3-2-4-10-13;/h2*2-10H,1H3,(H,16,17);/q2*-1;+2/b2*15-11+;. The summed E-state index contributed by atoms with van der Waals surface area (Å²) in [4.78, 5) is 23.4. The monoisotopic (exact) mass is 506 g/mol. The van der Waals surface area contributed by atoms with Crippen LogP contribution in [0.2, 0.25) is 0 Å². The van der Waals surface area contributed by atoms with Gasteiger partial charge in [-0.1, -0.05) is 50.2 Å². The Morgan fingerprint density at radius 1 is 0.600 bits per heavy atom. The predicted octanol–water partition coefficient (Wildman–Crippen LogP) is 5.12. The number of hydrazone groups is 2. The van der Waals surface area contributed by atoms with E-state index in [1.54, 1.807) is 24.3 Å². The number of hydrogen-bond acceptors (Lipinski definition) is 4. The summed E-state index contributed by atoms with van der Waals surface area (Å²) >= 11 is 0. The van der Waals surface area contributed by atoms with Gasteiger partial charge >= 0.3 is 17.1 Å². The van der Waals surface area contributed by atoms with Crippen LogP contribution in [0, 0.1) is 0 Å². The molecular formula is C28H26FeN4O2. The van der Waals surface area contributed by atoms with Crippen molar-refractivity contribution in [3.05, 3.63) is 131 Å². The number of carbonyl (C=O) groups excluding carboxylic acids is 2. The molecule has 0 atom stereocenters. The van der Waals surface area contributed by atoms with Crippen molar-refractivity contribution in [2.24, 2.45) is 10.2 Å². The smallest absolute Gasteiger partial charge is 0.267 e. The van der Waals surface area contributed by atoms with Gasteiger partial charge in [0.2, 0.25) is 0 Å². The minimum absolute atomic E-state index is 0. The molecule has 2 N–H and O–H groups in total. The maximum absolute atomic E-state index is 11.7. The average Bonchev–Trinajstić information content (AvgIpc) is 3.62. The molecule has 0 saturated carbocycles. The third-order valence-electron chi connectivity index (χ3n) is 4.88. The van der Waals surface area contributed by atoms with Crippen molar-refractivity contribution >= 4 is 23.2 Å². The SMILES string of the molecule is C/C(=N\NC(=O)c1ccccc1)c1ccc[cH-]1.C/C(=N\NC(=O)c1ccccc1)c1ccc[cH-]1.[Fe+2]. The number of carbonyl (C=O) groups is 2. The Balaban J connectivity index is 0.000000240. The Bertz CT molecular complexity index is 1130. The van der Waals surface area contributed by atoms with Gasteiger partial charge in [-0.25, -0.2) is 10.2 Å². The Morgan fingerprint density at radius 2 is 0.971 bits per heavy atom. The van der Waals surface area contributed by atoms with E-state index in [-0.39, 0.29) is 28.9 Å². The average molecular weight is 506 g/mol. The quantitative estimate of drug-likeness (QED) is 0.165. The van der Waals surface area contributed by atoms with Crippen LogP contribution in [0.25, 0.3) is 0 Å². The van der Waals surface area contributed by atoms with Crippen molar-refractivity contribution in [3.8, 4) is 0 Å². The second kappa shape index (κ2) is 14.3. The molecule has 6 nitrogen and oxygen atoms in total. The zero-order chi connectivity index (χ0) is 24.2. The van der Waals surface area contributed by atoms with Gasteiger partial charge in [0.25, 0.3) is 11.8 Å². The first-order valence-corrected chi connectivity index (χ1v) is 10.8. The number of hydrogen-bond donors (Lipinski definition) is 2. The molecule has 0 radical (unpaired) electrons. The van der Waals surface area contributed by atoms with Crippen LogP contribution in [0.15, 0.2) is 119 Å². The van der Waals surface area contributed by atoms with Gasteiger partial charge in [0, 0.05) is 11.1 Å². The third kappa shape index (κ3) is 8.66. The van der Waals surface area contributed by atoms with Crippen molar-refractivity contribution < 1.29 is 26.7 Å². The molecule has 0 aliphatic heterocycles. The van der Waals surface area contributed by atoms with E-state index in [4.69, 9.17) is 0 Å². The molecule has 7 heteroatoms. The number of nitrogens with one attached hydrogen (secondary N) is 2. The summed E-state index contributed by atoms with van der Waals surface area (Å²) in [6.07, 6.45) is 0. The topological polar surface area (TPSA) is 82.9 Å². The van der Waals surface area contributed by atoms with Gasteiger partial charge in [-0.2, -0.15) is 36.4 Å². The summed E-state index contributed by atoms with van der Waals surface area (Å²) in [5, 5.41) is 8.12. The summed E-state index contributed by atoms with van der Waals surface area (Å²) < 4.78 is 0. The van der Waals surface area contributed by atoms with Crippen molar-refractivity contribution in [1.82, 2.24) is 10.9 Å². The largest absolute Gasteiger partial charge is 2.00 e. The Hall–Kier alpha value is -4.06. The van der Waals surface area contributed by atoms with Crippen LogP contribution in [0.4, 0.5) is 0 Å². The third-order valence-corrected chi connectivity index (χ3v) is 4.88. The molecule has 4 aromatic rings. The van der Waals surface area contributed by atoms with Crippen LogP contribution in [0.1, 0.15) is 45.7 Å². The van der Waals surface area contributed by atoms with Crippen LogP contribution < -0.4 is 10.9 Å². The fourth-order valence-corrected chi connectivity index (χ4v) is 2.94. The minimum Gasteiger partial charge on any atom is -0.267 e. The molecule has 0 unspecified atom stereocenters. The van der Waals surface area contributed by atoms with Crippen LogP contribution in [0.5, 0.6) is 0 Å². The van der Waals surface area contributed by atoms with Gasteiger partial charge < -0.3 is 0 Å². The van der Waals surface area contributed by atoms with E-state index >= 15 is 0 Å². The van der Waals surface area contributed by atoms with Gasteiger partial charge in [0.05, 0.1) is 0 Å². The summed E-state index contributed by atoms with van der Waals surface area (Å²) in [7, 11) is 0. The fourth-order valence-electron chi connectivity index (χ4n) is 2.94. The maximum Gasteiger partial charge on any atom is 2.00 e. The molecule has 4 rings (SSSR count). The van der Waals surface area contributed by atoms with E-state index in [1.165, 1.54) is 0 Å². The number of benzene rings is 2. The Morgan fingerprint density at radius 3 is 1.29 bits per heavy atom. The van der Waals surface area contributed by atoms with Crippen molar-refractivity contribution in [1.29, 1.82) is 0 Å². The molecule has 0 aliphatic rings. The summed E-state index contributed by atoms with van der Waals surface area (Å²) in [5.41, 5.74) is 9.89. The molecule has 0 spiro atoms. The first-order chi connectivity index (χ1) is 16.5. The van der Waals surface area contributed by atoms with Gasteiger partial charge in [0.15, 0.2) is 0 Å². The summed E-state index contributed by atoms with van der Waals surface area (Å²) in [5.74, 6) is -0.395. The van der Waals surface area contributed by atoms with Crippen LogP contribution in [0.3, 0.4) is 0 Å². The molecule has 4 aromatic carbocycles. The van der Waals surface area contributed by atoms with E-state index in [2.05, 4.69) is 21.1 Å². The number of rotatable bonds is 6. The van der Waals surface area contributed by atoms with E-state index in [0.29, 0.717) is 11.1 Å².